The number of hydrogen-bond donors (Lipinski definition) is 1. The van der Waals surface area contributed by atoms with Crippen LogP contribution in [0.15, 0.2) is 48.7 Å². The highest BCUT2D eigenvalue weighted by Crippen LogP contribution is 2.25. The Kier molecular flexibility index (Phi) is 4.97. The van der Waals surface area contributed by atoms with Gasteiger partial charge in [0.05, 0.1) is 17.8 Å². The summed E-state index contributed by atoms with van der Waals surface area (Å²) in [6, 6.07) is 12.7. The Morgan fingerprint density at radius 3 is 2.64 bits per heavy atom. The molecule has 1 N–H and O–H groups in total. The zero-order chi connectivity index (χ0) is 19.5. The summed E-state index contributed by atoms with van der Waals surface area (Å²) in [5, 5.41) is 2.86. The van der Waals surface area contributed by atoms with Gasteiger partial charge in [0.1, 0.15) is 5.75 Å². The summed E-state index contributed by atoms with van der Waals surface area (Å²) >= 11 is 0. The Hall–Kier alpha value is -3.35. The van der Waals surface area contributed by atoms with E-state index in [0.717, 1.165) is 25.9 Å². The molecule has 0 aliphatic carbocycles. The van der Waals surface area contributed by atoms with Crippen molar-refractivity contribution in [2.24, 2.45) is 0 Å². The largest absolute Gasteiger partial charge is 0.492 e. The van der Waals surface area contributed by atoms with Crippen LogP contribution in [0.3, 0.4) is 0 Å². The number of pyridine rings is 1. The van der Waals surface area contributed by atoms with Crippen LogP contribution >= 0.6 is 0 Å². The Labute approximate surface area is 162 Å². The van der Waals surface area contributed by atoms with Crippen LogP contribution in [0.5, 0.6) is 5.75 Å². The topological polar surface area (TPSA) is 75.9 Å². The zero-order valence-electron chi connectivity index (χ0n) is 15.7. The van der Waals surface area contributed by atoms with Crippen molar-refractivity contribution in [2.45, 2.75) is 19.8 Å². The molecule has 0 bridgehead atoms. The van der Waals surface area contributed by atoms with Crippen LogP contribution in [-0.4, -0.2) is 45.8 Å². The molecule has 3 aromatic rings. The molecule has 4 rings (SSSR count). The lowest BCUT2D eigenvalue weighted by molar-refractivity contribution is 0.0780. The number of carbonyl (C=O) groups is 2. The highest BCUT2D eigenvalue weighted by Gasteiger charge is 2.27. The third kappa shape index (κ3) is 3.31. The van der Waals surface area contributed by atoms with Gasteiger partial charge < -0.3 is 15.0 Å². The van der Waals surface area contributed by atoms with Crippen molar-refractivity contribution in [3.05, 3.63) is 60.2 Å². The van der Waals surface area contributed by atoms with Gasteiger partial charge in [-0.25, -0.2) is 4.98 Å². The molecule has 144 valence electrons. The monoisotopic (exact) mass is 378 g/mol. The van der Waals surface area contributed by atoms with Crippen molar-refractivity contribution in [1.82, 2.24) is 14.3 Å². The number of carbonyl (C=O) groups excluding carboxylic acids is 2. The van der Waals surface area contributed by atoms with Gasteiger partial charge in [0.25, 0.3) is 11.8 Å². The van der Waals surface area contributed by atoms with Crippen LogP contribution in [0.4, 0.5) is 5.69 Å². The molecule has 7 nitrogen and oxygen atoms in total. The number of likely N-dealkylation sites (tertiary alicyclic amines) is 1. The van der Waals surface area contributed by atoms with Crippen molar-refractivity contribution in [1.29, 1.82) is 0 Å². The smallest absolute Gasteiger partial charge is 0.290 e. The standard InChI is InChI=1S/C21H22N4O3/c1-2-28-17-11-4-3-9-15(17)22-20(26)18-16-10-5-6-14-25(16)19(23-18)21(27)24-12-7-8-13-24/h3-6,9-11,14H,2,7-8,12-13H2,1H3,(H,22,26). The fraction of sp³-hybridized carbons (Fsp3) is 0.286. The van der Waals surface area contributed by atoms with Crippen molar-refractivity contribution in [2.75, 3.05) is 25.0 Å². The maximum Gasteiger partial charge on any atom is 0.290 e. The van der Waals surface area contributed by atoms with E-state index in [9.17, 15) is 9.59 Å². The second kappa shape index (κ2) is 7.72. The van der Waals surface area contributed by atoms with Gasteiger partial charge in [0.2, 0.25) is 5.82 Å². The van der Waals surface area contributed by atoms with E-state index >= 15 is 0 Å². The van der Waals surface area contributed by atoms with E-state index in [4.69, 9.17) is 4.74 Å². The molecule has 1 saturated heterocycles. The second-order valence-electron chi connectivity index (χ2n) is 6.62. The number of benzene rings is 1. The number of aromatic nitrogens is 2. The van der Waals surface area contributed by atoms with E-state index in [0.29, 0.717) is 23.6 Å². The number of ether oxygens (including phenoxy) is 1. The molecule has 3 heterocycles. The van der Waals surface area contributed by atoms with Crippen LogP contribution in [-0.2, 0) is 0 Å². The third-order valence-corrected chi connectivity index (χ3v) is 4.78. The molecule has 0 radical (unpaired) electrons. The summed E-state index contributed by atoms with van der Waals surface area (Å²) in [6.07, 6.45) is 3.75. The predicted octanol–water partition coefficient (Wildman–Crippen LogP) is 3.22. The SMILES string of the molecule is CCOc1ccccc1NC(=O)c1nc(C(=O)N2CCCC2)n2ccccc12. The first-order valence-corrected chi connectivity index (χ1v) is 9.48. The Bertz CT molecular complexity index is 1020. The first-order valence-electron chi connectivity index (χ1n) is 9.48. The van der Waals surface area contributed by atoms with Crippen molar-refractivity contribution in [3.8, 4) is 5.75 Å². The summed E-state index contributed by atoms with van der Waals surface area (Å²) in [7, 11) is 0. The highest BCUT2D eigenvalue weighted by molar-refractivity contribution is 6.09. The summed E-state index contributed by atoms with van der Waals surface area (Å²) in [5.74, 6) is 0.333. The van der Waals surface area contributed by atoms with Gasteiger partial charge in [-0.3, -0.25) is 14.0 Å². The minimum atomic E-state index is -0.378. The van der Waals surface area contributed by atoms with Gasteiger partial charge in [-0.2, -0.15) is 0 Å². The number of amides is 2. The molecule has 2 amide bonds. The lowest BCUT2D eigenvalue weighted by Gasteiger charge is -2.13. The van der Waals surface area contributed by atoms with E-state index in [1.165, 1.54) is 0 Å². The van der Waals surface area contributed by atoms with E-state index in [2.05, 4.69) is 10.3 Å². The zero-order valence-corrected chi connectivity index (χ0v) is 15.7. The maximum absolute atomic E-state index is 13.0. The molecule has 1 aromatic carbocycles. The Morgan fingerprint density at radius 2 is 1.86 bits per heavy atom. The summed E-state index contributed by atoms with van der Waals surface area (Å²) < 4.78 is 7.26. The first kappa shape index (κ1) is 18.0. The van der Waals surface area contributed by atoms with Gasteiger partial charge in [-0.15, -0.1) is 0 Å². The van der Waals surface area contributed by atoms with Crippen LogP contribution in [0.1, 0.15) is 40.9 Å². The lowest BCUT2D eigenvalue weighted by Crippen LogP contribution is -2.29. The van der Waals surface area contributed by atoms with Crippen LogP contribution in [0, 0.1) is 0 Å². The molecular weight excluding hydrogens is 356 g/mol. The van der Waals surface area contributed by atoms with E-state index in [1.54, 1.807) is 33.7 Å². The minimum Gasteiger partial charge on any atom is -0.492 e. The van der Waals surface area contributed by atoms with Gasteiger partial charge in [-0.05, 0) is 44.0 Å². The first-order chi connectivity index (χ1) is 13.7. The molecule has 1 aliphatic rings. The number of imidazole rings is 1. The van der Waals surface area contributed by atoms with Crippen LogP contribution < -0.4 is 10.1 Å². The average Bonchev–Trinajstić information content (AvgIpc) is 3.37. The maximum atomic E-state index is 13.0. The van der Waals surface area contributed by atoms with E-state index in [1.807, 2.05) is 31.2 Å². The number of anilines is 1. The molecule has 1 aliphatic heterocycles. The minimum absolute atomic E-state index is 0.146. The summed E-state index contributed by atoms with van der Waals surface area (Å²) in [6.45, 7) is 3.83. The molecule has 0 saturated carbocycles. The number of fused-ring (bicyclic) bond motifs is 1. The Morgan fingerprint density at radius 1 is 1.11 bits per heavy atom. The van der Waals surface area contributed by atoms with Crippen molar-refractivity contribution in [3.63, 3.8) is 0 Å². The van der Waals surface area contributed by atoms with Crippen LogP contribution in [0.2, 0.25) is 0 Å². The molecule has 28 heavy (non-hydrogen) atoms. The molecule has 7 heteroatoms. The number of nitrogens with one attached hydrogen (secondary N) is 1. The second-order valence-corrected chi connectivity index (χ2v) is 6.62. The van der Waals surface area contributed by atoms with E-state index < -0.39 is 0 Å². The van der Waals surface area contributed by atoms with E-state index in [-0.39, 0.29) is 23.3 Å². The van der Waals surface area contributed by atoms with Gasteiger partial charge in [-0.1, -0.05) is 18.2 Å². The fourth-order valence-electron chi connectivity index (χ4n) is 3.45. The normalized spacial score (nSPS) is 13.7. The average molecular weight is 378 g/mol. The third-order valence-electron chi connectivity index (χ3n) is 4.78. The van der Waals surface area contributed by atoms with Crippen LogP contribution in [0.25, 0.3) is 5.52 Å². The number of para-hydroxylation sites is 2. The highest BCUT2D eigenvalue weighted by atomic mass is 16.5. The predicted molar refractivity (Wildman–Crippen MR) is 106 cm³/mol. The molecule has 0 spiro atoms. The quantitative estimate of drug-likeness (QED) is 0.740. The molecule has 1 fully saturated rings. The number of rotatable bonds is 5. The Balaban J connectivity index is 1.69. The summed E-state index contributed by atoms with van der Waals surface area (Å²) in [4.78, 5) is 32.1. The summed E-state index contributed by atoms with van der Waals surface area (Å²) in [5.41, 5.74) is 1.38. The molecule has 0 unspecified atom stereocenters. The number of hydrogen-bond acceptors (Lipinski definition) is 4. The van der Waals surface area contributed by atoms with Crippen molar-refractivity contribution >= 4 is 23.0 Å². The van der Waals surface area contributed by atoms with Gasteiger partial charge in [0.15, 0.2) is 5.69 Å². The lowest BCUT2D eigenvalue weighted by atomic mass is 10.2. The fourth-order valence-corrected chi connectivity index (χ4v) is 3.45. The number of nitrogens with zero attached hydrogens (tertiary/aromatic N) is 3. The van der Waals surface area contributed by atoms with Crippen molar-refractivity contribution < 1.29 is 14.3 Å². The molecule has 0 atom stereocenters. The van der Waals surface area contributed by atoms with Gasteiger partial charge in [0, 0.05) is 19.3 Å². The molecule has 2 aromatic heterocycles. The molecular formula is C21H22N4O3. The van der Waals surface area contributed by atoms with Gasteiger partial charge >= 0.3 is 0 Å².